The van der Waals surface area contributed by atoms with Crippen LogP contribution in [0.25, 0.3) is 11.3 Å². The van der Waals surface area contributed by atoms with Gasteiger partial charge in [0.05, 0.1) is 53.2 Å². The molecule has 14 heteroatoms. The predicted molar refractivity (Wildman–Crippen MR) is 147 cm³/mol. The van der Waals surface area contributed by atoms with Gasteiger partial charge in [0.25, 0.3) is 11.5 Å². The lowest BCUT2D eigenvalue weighted by atomic mass is 10.1. The normalized spacial score (nSPS) is 11.4. The Morgan fingerprint density at radius 1 is 1.15 bits per heavy atom. The number of hydrogen-bond donors (Lipinski definition) is 1. The fourth-order valence-electron chi connectivity index (χ4n) is 4.06. The number of nitrogens with zero attached hydrogens (tertiary/aromatic N) is 5. The molecule has 9 nitrogen and oxygen atoms in total. The minimum absolute atomic E-state index is 0.00239. The van der Waals surface area contributed by atoms with E-state index >= 15 is 0 Å². The number of carbonyl (C=O) groups excluding carboxylic acids is 1. The number of halogens is 4. The number of nitrogens with one attached hydrogen (secondary N) is 1. The van der Waals surface area contributed by atoms with Crippen LogP contribution < -0.4 is 15.6 Å². The van der Waals surface area contributed by atoms with Crippen LogP contribution in [0.2, 0.25) is 4.34 Å². The van der Waals surface area contributed by atoms with E-state index in [1.807, 2.05) is 0 Å². The summed E-state index contributed by atoms with van der Waals surface area (Å²) in [4.78, 5) is 35.5. The topological polar surface area (TPSA) is 104 Å². The first-order valence-corrected chi connectivity index (χ1v) is 13.2. The van der Waals surface area contributed by atoms with Crippen LogP contribution >= 0.6 is 22.9 Å². The van der Waals surface area contributed by atoms with Gasteiger partial charge in [-0.25, -0.2) is 0 Å². The van der Waals surface area contributed by atoms with E-state index in [-0.39, 0.29) is 30.4 Å². The number of pyridine rings is 1. The summed E-state index contributed by atoms with van der Waals surface area (Å²) >= 11 is 7.34. The lowest BCUT2D eigenvalue weighted by Crippen LogP contribution is -2.22. The van der Waals surface area contributed by atoms with Crippen LogP contribution in [0.1, 0.15) is 26.5 Å². The zero-order valence-electron chi connectivity index (χ0n) is 21.2. The highest BCUT2D eigenvalue weighted by Gasteiger charge is 2.36. The molecule has 0 spiro atoms. The Labute approximate surface area is 239 Å². The number of methoxy groups -OCH3 is 1. The van der Waals surface area contributed by atoms with Gasteiger partial charge in [0.15, 0.2) is 5.75 Å². The van der Waals surface area contributed by atoms with Gasteiger partial charge in [-0.3, -0.25) is 19.6 Å². The molecular formula is C27H20ClF3N6O3S. The monoisotopic (exact) mass is 600 g/mol. The third-order valence-electron chi connectivity index (χ3n) is 5.96. The molecule has 1 aromatic carbocycles. The van der Waals surface area contributed by atoms with Crippen LogP contribution in [0, 0.1) is 0 Å². The molecule has 0 aliphatic carbocycles. The highest BCUT2D eigenvalue weighted by molar-refractivity contribution is 7.16. The molecule has 210 valence electrons. The van der Waals surface area contributed by atoms with E-state index < -0.39 is 28.8 Å². The molecule has 0 aliphatic heterocycles. The van der Waals surface area contributed by atoms with Gasteiger partial charge >= 0.3 is 6.18 Å². The van der Waals surface area contributed by atoms with E-state index in [2.05, 4.69) is 20.4 Å². The minimum atomic E-state index is -4.76. The van der Waals surface area contributed by atoms with Crippen molar-refractivity contribution in [3.8, 4) is 17.0 Å². The van der Waals surface area contributed by atoms with Crippen molar-refractivity contribution in [3.05, 3.63) is 110 Å². The van der Waals surface area contributed by atoms with E-state index in [9.17, 15) is 22.8 Å². The lowest BCUT2D eigenvalue weighted by Gasteiger charge is -2.13. The molecule has 0 saturated carbocycles. The van der Waals surface area contributed by atoms with E-state index in [4.69, 9.17) is 16.3 Å². The van der Waals surface area contributed by atoms with Gasteiger partial charge in [0.1, 0.15) is 5.82 Å². The molecule has 0 amide bonds. The molecule has 0 radical (unpaired) electrons. The Morgan fingerprint density at radius 3 is 2.63 bits per heavy atom. The highest BCUT2D eigenvalue weighted by Crippen LogP contribution is 2.33. The van der Waals surface area contributed by atoms with Crippen molar-refractivity contribution < 1.29 is 22.7 Å². The number of hydrogen-bond acceptors (Lipinski definition) is 8. The van der Waals surface area contributed by atoms with Crippen molar-refractivity contribution >= 4 is 34.7 Å². The first-order valence-electron chi connectivity index (χ1n) is 12.0. The standard InChI is InChI=1S/C27H20ClF3N6O3S/c1-40-22-10-16(14-36(26(22)39)15-17-12-32-8-9-33-17)21-11-24(34-13-18-6-7-23(28)41-18)37(35-21)25(38)19-4-2-3-5-20(19)27(29,30)31/h2-12,14,34H,13,15H2,1H3. The number of anilines is 1. The summed E-state index contributed by atoms with van der Waals surface area (Å²) in [5, 5.41) is 7.43. The molecule has 4 heterocycles. The fourth-order valence-corrected chi connectivity index (χ4v) is 5.08. The van der Waals surface area contributed by atoms with E-state index in [1.54, 1.807) is 12.1 Å². The molecule has 0 atom stereocenters. The summed E-state index contributed by atoms with van der Waals surface area (Å²) in [5.41, 5.74) is -0.997. The first kappa shape index (κ1) is 28.1. The second kappa shape index (κ2) is 11.6. The number of carbonyl (C=O) groups is 1. The van der Waals surface area contributed by atoms with E-state index in [0.29, 0.717) is 15.6 Å². The van der Waals surface area contributed by atoms with Gasteiger partial charge in [0.2, 0.25) is 0 Å². The van der Waals surface area contributed by atoms with Crippen molar-refractivity contribution in [2.24, 2.45) is 0 Å². The molecule has 0 unspecified atom stereocenters. The zero-order chi connectivity index (χ0) is 29.1. The number of rotatable bonds is 8. The summed E-state index contributed by atoms with van der Waals surface area (Å²) in [5.74, 6) is -0.856. The van der Waals surface area contributed by atoms with Crippen molar-refractivity contribution in [2.45, 2.75) is 19.3 Å². The number of benzene rings is 1. The van der Waals surface area contributed by atoms with Crippen molar-refractivity contribution in [1.82, 2.24) is 24.3 Å². The zero-order valence-corrected chi connectivity index (χ0v) is 22.8. The number of thiophene rings is 1. The molecule has 4 aromatic heterocycles. The van der Waals surface area contributed by atoms with Crippen LogP contribution in [-0.4, -0.2) is 37.3 Å². The van der Waals surface area contributed by atoms with Crippen LogP contribution in [0.5, 0.6) is 5.75 Å². The number of alkyl halides is 3. The largest absolute Gasteiger partial charge is 0.491 e. The summed E-state index contributed by atoms with van der Waals surface area (Å²) in [6.07, 6.45) is 1.25. The van der Waals surface area contributed by atoms with Crippen LogP contribution in [0.15, 0.2) is 78.1 Å². The maximum atomic E-state index is 13.7. The van der Waals surface area contributed by atoms with Gasteiger partial charge < -0.3 is 14.6 Å². The smallest absolute Gasteiger partial charge is 0.417 e. The van der Waals surface area contributed by atoms with Gasteiger partial charge in [-0.15, -0.1) is 11.3 Å². The van der Waals surface area contributed by atoms with Crippen molar-refractivity contribution in [3.63, 3.8) is 0 Å². The summed E-state index contributed by atoms with van der Waals surface area (Å²) in [6, 6.07) is 10.9. The van der Waals surface area contributed by atoms with E-state index in [0.717, 1.165) is 21.7 Å². The molecule has 1 N–H and O–H groups in total. The predicted octanol–water partition coefficient (Wildman–Crippen LogP) is 5.59. The number of aromatic nitrogens is 5. The maximum Gasteiger partial charge on any atom is 0.417 e. The Bertz CT molecular complexity index is 1770. The fraction of sp³-hybridized carbons (Fsp3) is 0.148. The molecular weight excluding hydrogens is 581 g/mol. The Balaban J connectivity index is 1.60. The number of ether oxygens (including phenoxy) is 1. The highest BCUT2D eigenvalue weighted by atomic mass is 35.5. The second-order valence-electron chi connectivity index (χ2n) is 8.66. The van der Waals surface area contributed by atoms with Crippen molar-refractivity contribution in [1.29, 1.82) is 0 Å². The Morgan fingerprint density at radius 2 is 1.95 bits per heavy atom. The quantitative estimate of drug-likeness (QED) is 0.247. The average molecular weight is 601 g/mol. The van der Waals surface area contributed by atoms with E-state index in [1.165, 1.54) is 72.1 Å². The Kier molecular flexibility index (Phi) is 7.90. The molecule has 41 heavy (non-hydrogen) atoms. The van der Waals surface area contributed by atoms with Crippen LogP contribution in [0.4, 0.5) is 19.0 Å². The molecule has 5 aromatic rings. The van der Waals surface area contributed by atoms with Gasteiger partial charge in [0, 0.05) is 35.1 Å². The Hall–Kier alpha value is -4.49. The third kappa shape index (κ3) is 6.15. The second-order valence-corrected chi connectivity index (χ2v) is 10.5. The molecule has 0 bridgehead atoms. The molecule has 0 aliphatic rings. The van der Waals surface area contributed by atoms with Crippen molar-refractivity contribution in [2.75, 3.05) is 12.4 Å². The van der Waals surface area contributed by atoms with Gasteiger partial charge in [-0.2, -0.15) is 23.0 Å². The SMILES string of the molecule is COc1cc(-c2cc(NCc3ccc(Cl)s3)n(C(=O)c3ccccc3C(F)(F)F)n2)cn(Cc2cnccn2)c1=O. The van der Waals surface area contributed by atoms with Gasteiger partial charge in [-0.05, 0) is 30.3 Å². The van der Waals surface area contributed by atoms with Crippen LogP contribution in [0.3, 0.4) is 0 Å². The lowest BCUT2D eigenvalue weighted by molar-refractivity contribution is -0.137. The average Bonchev–Trinajstić information content (AvgIpc) is 3.58. The molecule has 0 saturated heterocycles. The maximum absolute atomic E-state index is 13.7. The third-order valence-corrected chi connectivity index (χ3v) is 7.19. The first-order chi connectivity index (χ1) is 19.6. The summed E-state index contributed by atoms with van der Waals surface area (Å²) in [7, 11) is 1.34. The summed E-state index contributed by atoms with van der Waals surface area (Å²) in [6.45, 7) is 0.298. The van der Waals surface area contributed by atoms with Gasteiger partial charge in [-0.1, -0.05) is 23.7 Å². The van der Waals surface area contributed by atoms with Crippen LogP contribution in [-0.2, 0) is 19.3 Å². The molecule has 5 rings (SSSR count). The minimum Gasteiger partial charge on any atom is -0.491 e. The summed E-state index contributed by atoms with van der Waals surface area (Å²) < 4.78 is 49.3. The molecule has 0 fully saturated rings.